The van der Waals surface area contributed by atoms with Crippen molar-refractivity contribution in [3.8, 4) is 0 Å². The van der Waals surface area contributed by atoms with Gasteiger partial charge in [0.2, 0.25) is 0 Å². The summed E-state index contributed by atoms with van der Waals surface area (Å²) >= 11 is 0. The van der Waals surface area contributed by atoms with Crippen LogP contribution in [0.1, 0.15) is 91.9 Å². The van der Waals surface area contributed by atoms with Crippen LogP contribution in [-0.4, -0.2) is 20.5 Å². The smallest absolute Gasteiger partial charge is 0.0305 e. The quantitative estimate of drug-likeness (QED) is 0.340. The summed E-state index contributed by atoms with van der Waals surface area (Å²) in [5.41, 5.74) is 0. The lowest BCUT2D eigenvalue weighted by molar-refractivity contribution is 0.504. The molecule has 0 fully saturated rings. The van der Waals surface area contributed by atoms with Crippen molar-refractivity contribution in [1.82, 2.24) is 0 Å². The van der Waals surface area contributed by atoms with Crippen LogP contribution in [0.25, 0.3) is 0 Å². The molecule has 0 unspecified atom stereocenters. The van der Waals surface area contributed by atoms with Gasteiger partial charge in [-0.15, -0.1) is 0 Å². The zero-order valence-corrected chi connectivity index (χ0v) is 15.1. The van der Waals surface area contributed by atoms with Crippen LogP contribution >= 0.6 is 0 Å². The Morgan fingerprint density at radius 1 is 0.500 bits per heavy atom. The summed E-state index contributed by atoms with van der Waals surface area (Å²) in [6.45, 7) is 9.04. The molecule has 0 aliphatic rings. The first-order chi connectivity index (χ1) is 8.21. The summed E-state index contributed by atoms with van der Waals surface area (Å²) in [6.07, 6.45) is 13.8. The molecule has 0 aromatic heterocycles. The van der Waals surface area contributed by atoms with Crippen LogP contribution in [0.2, 0.25) is 10.1 Å². The molecule has 0 saturated carbocycles. The van der Waals surface area contributed by atoms with E-state index in [0.29, 0.717) is 10.1 Å². The van der Waals surface area contributed by atoms with Gasteiger partial charge in [-0.3, -0.25) is 0 Å². The van der Waals surface area contributed by atoms with Gasteiger partial charge in [-0.25, -0.2) is 0 Å². The van der Waals surface area contributed by atoms with Gasteiger partial charge in [0.25, 0.3) is 0 Å². The van der Waals surface area contributed by atoms with Crippen LogP contribution in [0.3, 0.4) is 0 Å². The van der Waals surface area contributed by atoms with E-state index in [-0.39, 0.29) is 0 Å². The van der Waals surface area contributed by atoms with Crippen LogP contribution in [0.5, 0.6) is 0 Å². The molecular weight excluding hydrogens is 248 g/mol. The Morgan fingerprint density at radius 2 is 0.722 bits per heavy atom. The van der Waals surface area contributed by atoms with E-state index in [1.165, 1.54) is 64.2 Å². The van der Waals surface area contributed by atoms with E-state index < -0.39 is 0 Å². The van der Waals surface area contributed by atoms with Crippen molar-refractivity contribution < 1.29 is 0 Å². The Kier molecular flexibility index (Phi) is 9.58. The maximum Gasteiger partial charge on any atom is 0.0305 e. The van der Waals surface area contributed by atoms with Gasteiger partial charge < -0.3 is 0 Å². The minimum absolute atomic E-state index is 0.336. The van der Waals surface area contributed by atoms with Gasteiger partial charge in [0.15, 0.2) is 0 Å². The van der Waals surface area contributed by atoms with Gasteiger partial charge >= 0.3 is 0 Å². The summed E-state index contributed by atoms with van der Waals surface area (Å²) in [5.74, 6) is 0. The summed E-state index contributed by atoms with van der Waals surface area (Å²) in [7, 11) is 7.50. The number of hydrogen-bond donors (Lipinski definition) is 0. The molecular formula is C16H32Si2. The van der Waals surface area contributed by atoms with Crippen molar-refractivity contribution >= 4 is 20.5 Å². The summed E-state index contributed by atoms with van der Waals surface area (Å²) in [4.78, 5) is 0. The third kappa shape index (κ3) is 16.4. The van der Waals surface area contributed by atoms with E-state index in [0.717, 1.165) is 0 Å². The molecule has 0 aromatic rings. The average Bonchev–Trinajstić information content (AvgIpc) is 2.17. The minimum atomic E-state index is 0.336. The third-order valence-corrected chi connectivity index (χ3v) is 3.85. The molecule has 0 nitrogen and oxygen atoms in total. The average molecular weight is 281 g/mol. The molecule has 0 aromatic carbocycles. The molecule has 0 rings (SSSR count). The predicted octanol–water partition coefficient (Wildman–Crippen LogP) is 5.62. The fraction of sp³-hybridized carbons (Fsp3) is 1.00. The maximum absolute atomic E-state index is 3.75. The Labute approximate surface area is 123 Å². The molecule has 2 heteroatoms. The maximum atomic E-state index is 3.75. The van der Waals surface area contributed by atoms with E-state index in [9.17, 15) is 0 Å². The number of hydrogen-bond acceptors (Lipinski definition) is 0. The number of unbranched alkanes of at least 4 members (excludes halogenated alkanes) is 7. The van der Waals surface area contributed by atoms with Gasteiger partial charge in [-0.1, -0.05) is 91.9 Å². The molecule has 0 N–H and O–H groups in total. The third-order valence-electron chi connectivity index (χ3n) is 3.35. The molecule has 0 amide bonds. The first-order valence-electron chi connectivity index (χ1n) is 7.71. The second-order valence-electron chi connectivity index (χ2n) is 7.10. The molecule has 104 valence electrons. The van der Waals surface area contributed by atoms with Crippen LogP contribution < -0.4 is 0 Å². The molecule has 6 radical (unpaired) electrons. The second kappa shape index (κ2) is 9.36. The van der Waals surface area contributed by atoms with Crippen LogP contribution in [-0.2, 0) is 0 Å². The normalized spacial score (nSPS) is 13.0. The minimum Gasteiger partial charge on any atom is -0.0631 e. The second-order valence-corrected chi connectivity index (χ2v) is 9.80. The lowest BCUT2D eigenvalue weighted by Crippen LogP contribution is -2.01. The molecule has 0 aliphatic heterocycles. The molecule has 0 spiro atoms. The fourth-order valence-electron chi connectivity index (χ4n) is 2.19. The molecule has 18 heavy (non-hydrogen) atoms. The highest BCUT2D eigenvalue weighted by atomic mass is 28.1. The van der Waals surface area contributed by atoms with Gasteiger partial charge in [0.05, 0.1) is 0 Å². The topological polar surface area (TPSA) is 0 Å². The Balaban J connectivity index is 3.13. The lowest BCUT2D eigenvalue weighted by atomic mass is 10.0. The largest absolute Gasteiger partial charge is 0.0631 e. The van der Waals surface area contributed by atoms with Gasteiger partial charge in [-0.2, -0.15) is 0 Å². The predicted molar refractivity (Wildman–Crippen MR) is 85.8 cm³/mol. The van der Waals surface area contributed by atoms with E-state index in [4.69, 9.17) is 0 Å². The van der Waals surface area contributed by atoms with Crippen LogP contribution in [0.15, 0.2) is 0 Å². The Hall–Kier alpha value is 0.434. The van der Waals surface area contributed by atoms with Gasteiger partial charge in [-0.05, 0) is 10.1 Å². The number of rotatable bonds is 11. The van der Waals surface area contributed by atoms with Crippen molar-refractivity contribution in [1.29, 1.82) is 0 Å². The molecule has 0 heterocycles. The Bertz CT molecular complexity index is 164. The SMILES string of the molecule is CC(C)([Si])CCCCCCCCCCC(C)(C)[Si]. The van der Waals surface area contributed by atoms with Gasteiger partial charge in [0, 0.05) is 20.5 Å². The zero-order chi connectivity index (χ0) is 14.1. The van der Waals surface area contributed by atoms with Crippen LogP contribution in [0.4, 0.5) is 0 Å². The highest BCUT2D eigenvalue weighted by Gasteiger charge is 2.09. The highest BCUT2D eigenvalue weighted by molar-refractivity contribution is 6.14. The molecule has 0 saturated heterocycles. The Morgan fingerprint density at radius 3 is 0.944 bits per heavy atom. The summed E-state index contributed by atoms with van der Waals surface area (Å²) in [6, 6.07) is 0. The van der Waals surface area contributed by atoms with Crippen LogP contribution in [0, 0.1) is 0 Å². The van der Waals surface area contributed by atoms with E-state index in [1.807, 2.05) is 0 Å². The van der Waals surface area contributed by atoms with Crippen molar-refractivity contribution in [2.24, 2.45) is 0 Å². The van der Waals surface area contributed by atoms with E-state index >= 15 is 0 Å². The van der Waals surface area contributed by atoms with Crippen molar-refractivity contribution in [2.45, 2.75) is 102 Å². The van der Waals surface area contributed by atoms with Crippen molar-refractivity contribution in [3.05, 3.63) is 0 Å². The molecule has 0 bridgehead atoms. The van der Waals surface area contributed by atoms with Crippen molar-refractivity contribution in [3.63, 3.8) is 0 Å². The fourth-order valence-corrected chi connectivity index (χ4v) is 2.55. The summed E-state index contributed by atoms with van der Waals surface area (Å²) in [5, 5.41) is 0.671. The first-order valence-corrected chi connectivity index (χ1v) is 8.71. The highest BCUT2D eigenvalue weighted by Crippen LogP contribution is 2.28. The monoisotopic (exact) mass is 280 g/mol. The molecule has 0 aliphatic carbocycles. The van der Waals surface area contributed by atoms with Crippen molar-refractivity contribution in [2.75, 3.05) is 0 Å². The van der Waals surface area contributed by atoms with E-state index in [1.54, 1.807) is 0 Å². The standard InChI is InChI=1S/C16H32Si2/c1-15(2,17)13-11-9-7-5-6-8-10-12-14-16(3,4)18/h5-14H2,1-4H3. The first kappa shape index (κ1) is 18.4. The van der Waals surface area contributed by atoms with E-state index in [2.05, 4.69) is 48.2 Å². The molecule has 0 atom stereocenters. The zero-order valence-electron chi connectivity index (χ0n) is 13.1. The summed E-state index contributed by atoms with van der Waals surface area (Å²) < 4.78 is 0. The lowest BCUT2D eigenvalue weighted by Gasteiger charge is -2.17. The van der Waals surface area contributed by atoms with Gasteiger partial charge in [0.1, 0.15) is 0 Å².